The van der Waals surface area contributed by atoms with Crippen LogP contribution in [0.4, 0.5) is 0 Å². The van der Waals surface area contributed by atoms with Gasteiger partial charge in [0, 0.05) is 44.6 Å². The van der Waals surface area contributed by atoms with Crippen molar-refractivity contribution in [1.82, 2.24) is 20.0 Å². The molecule has 3 aromatic rings. The highest BCUT2D eigenvalue weighted by atomic mass is 16.5. The molecule has 2 heterocycles. The summed E-state index contributed by atoms with van der Waals surface area (Å²) in [5, 5.41) is 6.72. The summed E-state index contributed by atoms with van der Waals surface area (Å²) < 4.78 is 13.0. The third-order valence-corrected chi connectivity index (χ3v) is 4.92. The summed E-state index contributed by atoms with van der Waals surface area (Å²) in [4.78, 5) is 9.49. The minimum Gasteiger partial charge on any atom is -0.491 e. The standard InChI is InChI=1S/C24H33N5O2/c1-5-25-24(26-11-10-21-17-29-12-6-7-19(3)23(29)28-21)27-16-20-9-8-18(2)15-22(20)31-14-13-30-4/h6-9,12,15,17H,5,10-11,13-14,16H2,1-4H3,(H2,25,26,27). The average Bonchev–Trinajstić information content (AvgIpc) is 3.17. The molecule has 31 heavy (non-hydrogen) atoms. The lowest BCUT2D eigenvalue weighted by Crippen LogP contribution is -2.38. The number of ether oxygens (including phenoxy) is 2. The Morgan fingerprint density at radius 3 is 2.81 bits per heavy atom. The van der Waals surface area contributed by atoms with Gasteiger partial charge in [-0.1, -0.05) is 18.2 Å². The highest BCUT2D eigenvalue weighted by Crippen LogP contribution is 2.21. The van der Waals surface area contributed by atoms with Gasteiger partial charge in [-0.25, -0.2) is 9.98 Å². The van der Waals surface area contributed by atoms with E-state index in [1.54, 1.807) is 7.11 Å². The maximum Gasteiger partial charge on any atom is 0.191 e. The number of fused-ring (bicyclic) bond motifs is 1. The van der Waals surface area contributed by atoms with Crippen LogP contribution in [0.1, 0.15) is 29.3 Å². The van der Waals surface area contributed by atoms with Crippen LogP contribution in [0.15, 0.2) is 47.7 Å². The molecule has 0 bridgehead atoms. The highest BCUT2D eigenvalue weighted by molar-refractivity contribution is 5.79. The van der Waals surface area contributed by atoms with Crippen LogP contribution in [-0.2, 0) is 17.7 Å². The first-order valence-electron chi connectivity index (χ1n) is 10.8. The molecule has 3 rings (SSSR count). The van der Waals surface area contributed by atoms with Crippen LogP contribution >= 0.6 is 0 Å². The third kappa shape index (κ3) is 6.46. The van der Waals surface area contributed by atoms with Gasteiger partial charge in [0.1, 0.15) is 18.0 Å². The van der Waals surface area contributed by atoms with Gasteiger partial charge in [0.05, 0.1) is 18.8 Å². The lowest BCUT2D eigenvalue weighted by Gasteiger charge is -2.13. The Balaban J connectivity index is 1.61. The first-order chi connectivity index (χ1) is 15.1. The van der Waals surface area contributed by atoms with E-state index in [2.05, 4.69) is 60.2 Å². The fourth-order valence-corrected chi connectivity index (χ4v) is 3.30. The zero-order valence-corrected chi connectivity index (χ0v) is 18.9. The highest BCUT2D eigenvalue weighted by Gasteiger charge is 2.07. The number of aliphatic imine (C=N–C) groups is 1. The molecule has 7 heteroatoms. The number of methoxy groups -OCH3 is 1. The van der Waals surface area contributed by atoms with Crippen molar-refractivity contribution in [2.75, 3.05) is 33.4 Å². The molecular formula is C24H33N5O2. The number of rotatable bonds is 10. The molecule has 2 aromatic heterocycles. The number of imidazole rings is 1. The van der Waals surface area contributed by atoms with Gasteiger partial charge in [0.2, 0.25) is 0 Å². The molecule has 0 saturated heterocycles. The summed E-state index contributed by atoms with van der Waals surface area (Å²) in [6.45, 7) is 9.36. The number of nitrogens with zero attached hydrogens (tertiary/aromatic N) is 3. The number of nitrogens with one attached hydrogen (secondary N) is 2. The summed E-state index contributed by atoms with van der Waals surface area (Å²) in [6, 6.07) is 10.3. The first-order valence-corrected chi connectivity index (χ1v) is 10.8. The van der Waals surface area contributed by atoms with Crippen molar-refractivity contribution in [3.05, 3.63) is 65.1 Å². The van der Waals surface area contributed by atoms with Gasteiger partial charge in [0.15, 0.2) is 5.96 Å². The van der Waals surface area contributed by atoms with Crippen LogP contribution in [0.3, 0.4) is 0 Å². The molecule has 2 N–H and O–H groups in total. The van der Waals surface area contributed by atoms with Gasteiger partial charge in [-0.3, -0.25) is 0 Å². The predicted molar refractivity (Wildman–Crippen MR) is 125 cm³/mol. The van der Waals surface area contributed by atoms with Crippen LogP contribution in [0.5, 0.6) is 5.75 Å². The van der Waals surface area contributed by atoms with Crippen LogP contribution in [0, 0.1) is 13.8 Å². The molecule has 0 unspecified atom stereocenters. The van der Waals surface area contributed by atoms with Gasteiger partial charge in [-0.15, -0.1) is 0 Å². The second kappa shape index (κ2) is 11.4. The predicted octanol–water partition coefficient (Wildman–Crippen LogP) is 3.27. The van der Waals surface area contributed by atoms with Gasteiger partial charge in [-0.2, -0.15) is 0 Å². The molecule has 0 aliphatic carbocycles. The van der Waals surface area contributed by atoms with E-state index in [9.17, 15) is 0 Å². The molecule has 7 nitrogen and oxygen atoms in total. The quantitative estimate of drug-likeness (QED) is 0.297. The minimum atomic E-state index is 0.521. The maximum atomic E-state index is 5.88. The van der Waals surface area contributed by atoms with Crippen LogP contribution < -0.4 is 15.4 Å². The number of guanidine groups is 1. The second-order valence-electron chi connectivity index (χ2n) is 7.48. The van der Waals surface area contributed by atoms with Crippen molar-refractivity contribution in [2.45, 2.75) is 33.7 Å². The summed E-state index contributed by atoms with van der Waals surface area (Å²) in [5.74, 6) is 1.64. The molecule has 0 aliphatic heterocycles. The molecule has 0 spiro atoms. The van der Waals surface area contributed by atoms with Crippen molar-refractivity contribution < 1.29 is 9.47 Å². The van der Waals surface area contributed by atoms with E-state index in [0.717, 1.165) is 53.7 Å². The largest absolute Gasteiger partial charge is 0.491 e. The number of pyridine rings is 1. The molecule has 0 amide bonds. The zero-order chi connectivity index (χ0) is 22.1. The molecular weight excluding hydrogens is 390 g/mol. The number of hydrogen-bond acceptors (Lipinski definition) is 4. The average molecular weight is 424 g/mol. The summed E-state index contributed by atoms with van der Waals surface area (Å²) >= 11 is 0. The molecule has 166 valence electrons. The van der Waals surface area contributed by atoms with Crippen molar-refractivity contribution in [3.63, 3.8) is 0 Å². The van der Waals surface area contributed by atoms with Crippen molar-refractivity contribution in [1.29, 1.82) is 0 Å². The van der Waals surface area contributed by atoms with E-state index in [0.29, 0.717) is 19.8 Å². The number of aryl methyl sites for hydroxylation is 2. The first kappa shape index (κ1) is 22.6. The van der Waals surface area contributed by atoms with E-state index < -0.39 is 0 Å². The molecule has 0 atom stereocenters. The van der Waals surface area contributed by atoms with Gasteiger partial charge in [-0.05, 0) is 44.0 Å². The number of aromatic nitrogens is 2. The molecule has 0 fully saturated rings. The zero-order valence-electron chi connectivity index (χ0n) is 18.9. The monoisotopic (exact) mass is 423 g/mol. The van der Waals surface area contributed by atoms with Gasteiger partial charge < -0.3 is 24.5 Å². The SMILES string of the molecule is CCNC(=NCc1ccc(C)cc1OCCOC)NCCc1cn2cccc(C)c2n1. The van der Waals surface area contributed by atoms with Crippen molar-refractivity contribution >= 4 is 11.6 Å². The minimum absolute atomic E-state index is 0.521. The van der Waals surface area contributed by atoms with E-state index >= 15 is 0 Å². The van der Waals surface area contributed by atoms with Crippen LogP contribution in [-0.4, -0.2) is 48.8 Å². The molecule has 0 radical (unpaired) electrons. The Labute approximate surface area is 184 Å². The Bertz CT molecular complexity index is 1010. The van der Waals surface area contributed by atoms with Crippen molar-refractivity contribution in [2.24, 2.45) is 4.99 Å². The Kier molecular flexibility index (Phi) is 8.29. The Hall–Kier alpha value is -3.06. The summed E-state index contributed by atoms with van der Waals surface area (Å²) in [6.07, 6.45) is 4.94. The lowest BCUT2D eigenvalue weighted by atomic mass is 10.1. The lowest BCUT2D eigenvalue weighted by molar-refractivity contribution is 0.145. The molecule has 0 aliphatic rings. The topological polar surface area (TPSA) is 72.2 Å². The number of benzene rings is 1. The summed E-state index contributed by atoms with van der Waals surface area (Å²) in [5.41, 5.74) is 5.46. The summed E-state index contributed by atoms with van der Waals surface area (Å²) in [7, 11) is 1.67. The Morgan fingerprint density at radius 2 is 2.03 bits per heavy atom. The third-order valence-electron chi connectivity index (χ3n) is 4.92. The van der Waals surface area contributed by atoms with E-state index in [4.69, 9.17) is 19.5 Å². The van der Waals surface area contributed by atoms with E-state index in [1.165, 1.54) is 5.56 Å². The molecule has 1 aromatic carbocycles. The molecule has 0 saturated carbocycles. The second-order valence-corrected chi connectivity index (χ2v) is 7.48. The number of hydrogen-bond donors (Lipinski definition) is 2. The van der Waals surface area contributed by atoms with Gasteiger partial charge in [0.25, 0.3) is 0 Å². The van der Waals surface area contributed by atoms with E-state index in [1.807, 2.05) is 18.3 Å². The fourth-order valence-electron chi connectivity index (χ4n) is 3.30. The smallest absolute Gasteiger partial charge is 0.191 e. The van der Waals surface area contributed by atoms with Crippen LogP contribution in [0.2, 0.25) is 0 Å². The van der Waals surface area contributed by atoms with Crippen LogP contribution in [0.25, 0.3) is 5.65 Å². The Morgan fingerprint density at radius 1 is 1.16 bits per heavy atom. The van der Waals surface area contributed by atoms with Crippen molar-refractivity contribution in [3.8, 4) is 5.75 Å². The van der Waals surface area contributed by atoms with Gasteiger partial charge >= 0.3 is 0 Å². The normalized spacial score (nSPS) is 11.7. The fraction of sp³-hybridized carbons (Fsp3) is 0.417. The maximum absolute atomic E-state index is 5.88. The van der Waals surface area contributed by atoms with E-state index in [-0.39, 0.29) is 0 Å².